The predicted molar refractivity (Wildman–Crippen MR) is 102 cm³/mol. The molecule has 0 aliphatic rings. The lowest BCUT2D eigenvalue weighted by molar-refractivity contribution is -0.0220. The molecule has 0 fully saturated rings. The van der Waals surface area contributed by atoms with E-state index >= 15 is 0 Å². The van der Waals surface area contributed by atoms with E-state index in [1.54, 1.807) is 7.11 Å². The van der Waals surface area contributed by atoms with Crippen molar-refractivity contribution in [2.45, 2.75) is 0 Å². The molecule has 9 nitrogen and oxygen atoms in total. The summed E-state index contributed by atoms with van der Waals surface area (Å²) >= 11 is 0. The summed E-state index contributed by atoms with van der Waals surface area (Å²) in [6, 6.07) is 0. The van der Waals surface area contributed by atoms with Gasteiger partial charge in [0.2, 0.25) is 0 Å². The van der Waals surface area contributed by atoms with Crippen molar-refractivity contribution in [1.82, 2.24) is 5.32 Å². The lowest BCUT2D eigenvalue weighted by atomic mass is 10.6. The van der Waals surface area contributed by atoms with E-state index in [4.69, 9.17) is 37.9 Å². The summed E-state index contributed by atoms with van der Waals surface area (Å²) in [5.74, 6) is 0. The molecule has 0 amide bonds. The summed E-state index contributed by atoms with van der Waals surface area (Å²) in [6.45, 7) is 9.50. The fourth-order valence-corrected chi connectivity index (χ4v) is 1.74. The smallest absolute Gasteiger partial charge is 0.0701 e. The van der Waals surface area contributed by atoms with Crippen LogP contribution in [0.4, 0.5) is 0 Å². The fourth-order valence-electron chi connectivity index (χ4n) is 1.74. The summed E-state index contributed by atoms with van der Waals surface area (Å²) in [6.07, 6.45) is 0. The van der Waals surface area contributed by atoms with Gasteiger partial charge in [0.15, 0.2) is 0 Å². The lowest BCUT2D eigenvalue weighted by Crippen LogP contribution is -2.17. The van der Waals surface area contributed by atoms with Crippen molar-refractivity contribution in [2.75, 3.05) is 120 Å². The van der Waals surface area contributed by atoms with Gasteiger partial charge in [0.25, 0.3) is 0 Å². The van der Waals surface area contributed by atoms with Gasteiger partial charge in [-0.3, -0.25) is 0 Å². The summed E-state index contributed by atoms with van der Waals surface area (Å²) < 4.78 is 42.4. The van der Waals surface area contributed by atoms with E-state index in [-0.39, 0.29) is 0 Å². The minimum Gasteiger partial charge on any atom is -0.382 e. The molecule has 0 heterocycles. The Morgan fingerprint density at radius 2 is 0.667 bits per heavy atom. The van der Waals surface area contributed by atoms with E-state index in [1.807, 2.05) is 7.05 Å². The second kappa shape index (κ2) is 25.6. The van der Waals surface area contributed by atoms with Crippen molar-refractivity contribution in [2.24, 2.45) is 0 Å². The molecule has 0 aliphatic carbocycles. The topological polar surface area (TPSA) is 85.9 Å². The third-order valence-corrected chi connectivity index (χ3v) is 3.16. The number of methoxy groups -OCH3 is 1. The largest absolute Gasteiger partial charge is 0.382 e. The van der Waals surface area contributed by atoms with Gasteiger partial charge < -0.3 is 43.2 Å². The Bertz CT molecular complexity index is 238. The normalized spacial score (nSPS) is 11.3. The second-order valence-electron chi connectivity index (χ2n) is 5.38. The van der Waals surface area contributed by atoms with Crippen LogP contribution >= 0.6 is 0 Å². The molecule has 0 spiro atoms. The van der Waals surface area contributed by atoms with Crippen molar-refractivity contribution < 1.29 is 37.9 Å². The van der Waals surface area contributed by atoms with Gasteiger partial charge in [-0.1, -0.05) is 0 Å². The molecular weight excluding hydrogens is 358 g/mol. The minimum absolute atomic E-state index is 0.546. The van der Waals surface area contributed by atoms with E-state index in [0.717, 1.165) is 6.54 Å². The molecule has 0 aromatic carbocycles. The SMILES string of the molecule is CNCCOCCOCCOCCOCCOCCOCCOCCOC. The van der Waals surface area contributed by atoms with Gasteiger partial charge in [-0.25, -0.2) is 0 Å². The fraction of sp³-hybridized carbons (Fsp3) is 1.00. The summed E-state index contributed by atoms with van der Waals surface area (Å²) in [7, 11) is 3.55. The molecule has 0 radical (unpaired) electrons. The van der Waals surface area contributed by atoms with Crippen molar-refractivity contribution in [3.8, 4) is 0 Å². The molecule has 0 saturated heterocycles. The average Bonchev–Trinajstić information content (AvgIpc) is 2.68. The summed E-state index contributed by atoms with van der Waals surface area (Å²) in [5, 5.41) is 3.01. The predicted octanol–water partition coefficient (Wildman–Crippen LogP) is -0.0316. The van der Waals surface area contributed by atoms with E-state index in [1.165, 1.54) is 0 Å². The summed E-state index contributed by atoms with van der Waals surface area (Å²) in [4.78, 5) is 0. The first kappa shape index (κ1) is 26.6. The van der Waals surface area contributed by atoms with Crippen molar-refractivity contribution in [3.63, 3.8) is 0 Å². The first-order chi connectivity index (χ1) is 13.4. The zero-order chi connectivity index (χ0) is 19.7. The maximum Gasteiger partial charge on any atom is 0.0701 e. The zero-order valence-electron chi connectivity index (χ0n) is 17.1. The molecule has 0 saturated carbocycles. The Morgan fingerprint density at radius 3 is 0.926 bits per heavy atom. The van der Waals surface area contributed by atoms with Crippen LogP contribution in [0.2, 0.25) is 0 Å². The van der Waals surface area contributed by atoms with Gasteiger partial charge in [-0.15, -0.1) is 0 Å². The molecular formula is C18H39NO8. The maximum absolute atomic E-state index is 5.41. The minimum atomic E-state index is 0.546. The molecule has 0 aromatic heterocycles. The third-order valence-electron chi connectivity index (χ3n) is 3.16. The molecule has 0 bridgehead atoms. The molecule has 0 aliphatic heterocycles. The van der Waals surface area contributed by atoms with Gasteiger partial charge >= 0.3 is 0 Å². The quantitative estimate of drug-likeness (QED) is 0.226. The Morgan fingerprint density at radius 1 is 0.407 bits per heavy atom. The second-order valence-corrected chi connectivity index (χ2v) is 5.38. The number of ether oxygens (including phenoxy) is 8. The molecule has 0 rings (SSSR count). The lowest BCUT2D eigenvalue weighted by Gasteiger charge is -2.08. The van der Waals surface area contributed by atoms with Crippen LogP contribution in [0.1, 0.15) is 0 Å². The van der Waals surface area contributed by atoms with E-state index in [9.17, 15) is 0 Å². The summed E-state index contributed by atoms with van der Waals surface area (Å²) in [5.41, 5.74) is 0. The standard InChI is InChI=1S/C18H39NO8/c1-19-3-4-21-7-8-23-11-12-25-15-16-27-18-17-26-14-13-24-10-9-22-6-5-20-2/h19H,3-18H2,1-2H3. The highest BCUT2D eigenvalue weighted by Gasteiger charge is 1.94. The molecule has 9 heteroatoms. The Labute approximate surface area is 163 Å². The van der Waals surface area contributed by atoms with Crippen molar-refractivity contribution in [1.29, 1.82) is 0 Å². The zero-order valence-corrected chi connectivity index (χ0v) is 17.1. The Hall–Kier alpha value is -0.360. The van der Waals surface area contributed by atoms with E-state index in [2.05, 4.69) is 5.32 Å². The molecule has 27 heavy (non-hydrogen) atoms. The molecule has 0 aromatic rings. The Kier molecular flexibility index (Phi) is 25.3. The van der Waals surface area contributed by atoms with Gasteiger partial charge in [-0.2, -0.15) is 0 Å². The maximum atomic E-state index is 5.41. The van der Waals surface area contributed by atoms with Crippen molar-refractivity contribution >= 4 is 0 Å². The average molecular weight is 398 g/mol. The molecule has 0 unspecified atom stereocenters. The first-order valence-electron chi connectivity index (χ1n) is 9.59. The van der Waals surface area contributed by atoms with Gasteiger partial charge in [-0.05, 0) is 7.05 Å². The number of rotatable bonds is 24. The number of hydrogen-bond donors (Lipinski definition) is 1. The van der Waals surface area contributed by atoms with Crippen LogP contribution in [-0.4, -0.2) is 120 Å². The van der Waals surface area contributed by atoms with Gasteiger partial charge in [0, 0.05) is 13.7 Å². The number of nitrogens with one attached hydrogen (secondary N) is 1. The van der Waals surface area contributed by atoms with E-state index < -0.39 is 0 Å². The van der Waals surface area contributed by atoms with Crippen LogP contribution in [-0.2, 0) is 37.9 Å². The van der Waals surface area contributed by atoms with Crippen LogP contribution in [0.25, 0.3) is 0 Å². The van der Waals surface area contributed by atoms with Crippen LogP contribution in [0.15, 0.2) is 0 Å². The number of hydrogen-bond acceptors (Lipinski definition) is 9. The van der Waals surface area contributed by atoms with Crippen LogP contribution in [0.3, 0.4) is 0 Å². The number of likely N-dealkylation sites (N-methyl/N-ethyl adjacent to an activating group) is 1. The molecule has 1 N–H and O–H groups in total. The molecule has 164 valence electrons. The molecule has 0 atom stereocenters. The van der Waals surface area contributed by atoms with Crippen LogP contribution in [0, 0.1) is 0 Å². The monoisotopic (exact) mass is 397 g/mol. The van der Waals surface area contributed by atoms with E-state index in [0.29, 0.717) is 99.1 Å². The highest BCUT2D eigenvalue weighted by Crippen LogP contribution is 1.85. The highest BCUT2D eigenvalue weighted by atomic mass is 16.6. The first-order valence-corrected chi connectivity index (χ1v) is 9.59. The van der Waals surface area contributed by atoms with Crippen LogP contribution in [0.5, 0.6) is 0 Å². The highest BCUT2D eigenvalue weighted by molar-refractivity contribution is 4.38. The van der Waals surface area contributed by atoms with Gasteiger partial charge in [0.05, 0.1) is 99.1 Å². The third kappa shape index (κ3) is 25.6. The van der Waals surface area contributed by atoms with Gasteiger partial charge in [0.1, 0.15) is 0 Å². The van der Waals surface area contributed by atoms with Crippen LogP contribution < -0.4 is 5.32 Å². The Balaban J connectivity index is 2.95. The van der Waals surface area contributed by atoms with Crippen molar-refractivity contribution in [3.05, 3.63) is 0 Å².